The Bertz CT molecular complexity index is 784. The van der Waals surface area contributed by atoms with Crippen LogP contribution in [0.25, 0.3) is 0 Å². The molecular formula is C19H29ClN2O5S. The smallest absolute Gasteiger partial charge is 0.223 e. The third kappa shape index (κ3) is 4.90. The first-order chi connectivity index (χ1) is 12.9. The fraction of sp³-hybridized carbons (Fsp3) is 0.632. The second-order valence-electron chi connectivity index (χ2n) is 7.39. The minimum Gasteiger partial charge on any atom is -0.493 e. The first-order valence-electron chi connectivity index (χ1n) is 9.32. The molecule has 28 heavy (non-hydrogen) atoms. The quantitative estimate of drug-likeness (QED) is 0.738. The Morgan fingerprint density at radius 2 is 1.82 bits per heavy atom. The van der Waals surface area contributed by atoms with Gasteiger partial charge in [0, 0.05) is 32.1 Å². The lowest BCUT2D eigenvalue weighted by atomic mass is 9.78. The van der Waals surface area contributed by atoms with Gasteiger partial charge in [-0.1, -0.05) is 0 Å². The maximum Gasteiger partial charge on any atom is 0.223 e. The number of carbonyl (C=O) groups is 1. The fourth-order valence-corrected chi connectivity index (χ4v) is 5.20. The Balaban J connectivity index is 0.00000280. The van der Waals surface area contributed by atoms with Crippen molar-refractivity contribution in [1.82, 2.24) is 10.2 Å². The zero-order chi connectivity index (χ0) is 19.5. The Morgan fingerprint density at radius 1 is 1.14 bits per heavy atom. The molecule has 2 fully saturated rings. The normalized spacial score (nSPS) is 18.6. The minimum atomic E-state index is -3.57. The number of methoxy groups -OCH3 is 2. The van der Waals surface area contributed by atoms with Crippen LogP contribution in [-0.4, -0.2) is 65.4 Å². The molecule has 158 valence electrons. The fourth-order valence-electron chi connectivity index (χ4n) is 3.96. The summed E-state index contributed by atoms with van der Waals surface area (Å²) < 4.78 is 35.5. The molecule has 2 aliphatic heterocycles. The largest absolute Gasteiger partial charge is 0.493 e. The van der Waals surface area contributed by atoms with Gasteiger partial charge in [0.15, 0.2) is 21.3 Å². The van der Waals surface area contributed by atoms with Crippen LogP contribution in [-0.2, 0) is 14.6 Å². The van der Waals surface area contributed by atoms with E-state index in [4.69, 9.17) is 9.47 Å². The van der Waals surface area contributed by atoms with Crippen LogP contribution in [0.15, 0.2) is 23.1 Å². The van der Waals surface area contributed by atoms with Gasteiger partial charge in [0.2, 0.25) is 5.91 Å². The lowest BCUT2D eigenvalue weighted by Crippen LogP contribution is -2.44. The van der Waals surface area contributed by atoms with E-state index in [1.165, 1.54) is 32.8 Å². The molecule has 9 heteroatoms. The van der Waals surface area contributed by atoms with Gasteiger partial charge in [-0.2, -0.15) is 0 Å². The number of halogens is 1. The van der Waals surface area contributed by atoms with Gasteiger partial charge in [-0.25, -0.2) is 8.42 Å². The van der Waals surface area contributed by atoms with Gasteiger partial charge >= 0.3 is 0 Å². The third-order valence-corrected chi connectivity index (χ3v) is 7.52. The van der Waals surface area contributed by atoms with Crippen molar-refractivity contribution in [3.05, 3.63) is 18.2 Å². The van der Waals surface area contributed by atoms with Gasteiger partial charge in [0.1, 0.15) is 0 Å². The van der Waals surface area contributed by atoms with Crippen LogP contribution in [0.4, 0.5) is 0 Å². The van der Waals surface area contributed by atoms with Crippen molar-refractivity contribution in [1.29, 1.82) is 0 Å². The van der Waals surface area contributed by atoms with E-state index in [1.807, 2.05) is 4.90 Å². The first kappa shape index (κ1) is 22.8. The summed E-state index contributed by atoms with van der Waals surface area (Å²) >= 11 is 0. The van der Waals surface area contributed by atoms with Crippen molar-refractivity contribution in [2.24, 2.45) is 5.41 Å². The number of amides is 1. The molecule has 0 atom stereocenters. The molecule has 7 nitrogen and oxygen atoms in total. The molecule has 3 rings (SSSR count). The average molecular weight is 433 g/mol. The molecule has 2 aliphatic rings. The molecule has 1 N–H and O–H groups in total. The van der Waals surface area contributed by atoms with E-state index in [0.29, 0.717) is 16.9 Å². The van der Waals surface area contributed by atoms with Crippen LogP contribution in [0.5, 0.6) is 11.5 Å². The molecule has 0 bridgehead atoms. The summed E-state index contributed by atoms with van der Waals surface area (Å²) in [5.41, 5.74) is 0.336. The molecule has 1 aromatic carbocycles. The number of piperidine rings is 1. The molecule has 0 radical (unpaired) electrons. The maximum atomic E-state index is 12.6. The Labute approximate surface area is 173 Å². The number of sulfone groups is 1. The molecule has 1 spiro atoms. The van der Waals surface area contributed by atoms with Crippen LogP contribution < -0.4 is 14.8 Å². The third-order valence-electron chi connectivity index (χ3n) is 5.81. The minimum absolute atomic E-state index is 0. The number of likely N-dealkylation sites (tertiary alicyclic amines) is 1. The Morgan fingerprint density at radius 3 is 2.39 bits per heavy atom. The van der Waals surface area contributed by atoms with E-state index < -0.39 is 9.84 Å². The van der Waals surface area contributed by atoms with E-state index >= 15 is 0 Å². The molecular weight excluding hydrogens is 404 g/mol. The highest BCUT2D eigenvalue weighted by Crippen LogP contribution is 2.37. The summed E-state index contributed by atoms with van der Waals surface area (Å²) in [6, 6.07) is 4.49. The van der Waals surface area contributed by atoms with Crippen LogP contribution in [0.1, 0.15) is 25.7 Å². The summed E-state index contributed by atoms with van der Waals surface area (Å²) in [5.74, 6) is 0.539. The Hall–Kier alpha value is -1.51. The van der Waals surface area contributed by atoms with Gasteiger partial charge in [0.05, 0.1) is 24.9 Å². The number of ether oxygens (including phenoxy) is 2. The molecule has 2 heterocycles. The summed E-state index contributed by atoms with van der Waals surface area (Å²) in [4.78, 5) is 14.5. The van der Waals surface area contributed by atoms with Gasteiger partial charge in [-0.3, -0.25) is 4.79 Å². The van der Waals surface area contributed by atoms with Gasteiger partial charge in [-0.15, -0.1) is 12.4 Å². The van der Waals surface area contributed by atoms with Crippen LogP contribution in [0, 0.1) is 5.41 Å². The van der Waals surface area contributed by atoms with Crippen molar-refractivity contribution in [3.63, 3.8) is 0 Å². The summed E-state index contributed by atoms with van der Waals surface area (Å²) in [5, 5.41) is 3.41. The van der Waals surface area contributed by atoms with E-state index in [9.17, 15) is 13.2 Å². The SMILES string of the molecule is COc1ccc(S(=O)(=O)CCC(=O)N2CCC3(CCNC3)CC2)cc1OC.Cl. The van der Waals surface area contributed by atoms with Gasteiger partial charge in [-0.05, 0) is 43.4 Å². The number of nitrogens with zero attached hydrogens (tertiary/aromatic N) is 1. The standard InChI is InChI=1S/C19H28N2O5S.ClH/c1-25-16-4-3-15(13-17(16)26-2)27(23,24)12-5-18(22)21-10-7-19(8-11-21)6-9-20-14-19;/h3-4,13,20H,5-12,14H2,1-2H3;1H. The van der Waals surface area contributed by atoms with Crippen LogP contribution in [0.3, 0.4) is 0 Å². The number of benzene rings is 1. The van der Waals surface area contributed by atoms with Crippen molar-refractivity contribution >= 4 is 28.2 Å². The van der Waals surface area contributed by atoms with E-state index in [0.717, 1.165) is 39.0 Å². The highest BCUT2D eigenvalue weighted by atomic mass is 35.5. The van der Waals surface area contributed by atoms with E-state index in [-0.39, 0.29) is 35.4 Å². The molecule has 1 amide bonds. The lowest BCUT2D eigenvalue weighted by Gasteiger charge is -2.38. The van der Waals surface area contributed by atoms with E-state index in [1.54, 1.807) is 6.07 Å². The number of rotatable bonds is 6. The topological polar surface area (TPSA) is 84.9 Å². The van der Waals surface area contributed by atoms with Crippen LogP contribution in [0.2, 0.25) is 0 Å². The number of carbonyl (C=O) groups excluding carboxylic acids is 1. The highest BCUT2D eigenvalue weighted by Gasteiger charge is 2.38. The first-order valence-corrected chi connectivity index (χ1v) is 11.0. The molecule has 0 saturated carbocycles. The predicted molar refractivity (Wildman–Crippen MR) is 109 cm³/mol. The van der Waals surface area contributed by atoms with Crippen LogP contribution >= 0.6 is 12.4 Å². The lowest BCUT2D eigenvalue weighted by molar-refractivity contribution is -0.132. The number of nitrogens with one attached hydrogen (secondary N) is 1. The molecule has 1 aromatic rings. The predicted octanol–water partition coefficient (Wildman–Crippen LogP) is 1.89. The number of hydrogen-bond donors (Lipinski definition) is 1. The van der Waals surface area contributed by atoms with Crippen molar-refractivity contribution in [3.8, 4) is 11.5 Å². The van der Waals surface area contributed by atoms with Crippen molar-refractivity contribution in [2.75, 3.05) is 46.2 Å². The van der Waals surface area contributed by atoms with Gasteiger partial charge in [0.25, 0.3) is 0 Å². The van der Waals surface area contributed by atoms with Crippen molar-refractivity contribution in [2.45, 2.75) is 30.6 Å². The second kappa shape index (κ2) is 9.33. The number of hydrogen-bond acceptors (Lipinski definition) is 6. The summed E-state index contributed by atoms with van der Waals surface area (Å²) in [6.45, 7) is 3.52. The van der Waals surface area contributed by atoms with E-state index in [2.05, 4.69) is 5.32 Å². The van der Waals surface area contributed by atoms with Crippen molar-refractivity contribution < 1.29 is 22.7 Å². The molecule has 0 unspecified atom stereocenters. The Kier molecular flexibility index (Phi) is 7.59. The maximum absolute atomic E-state index is 12.6. The molecule has 0 aliphatic carbocycles. The monoisotopic (exact) mass is 432 g/mol. The highest BCUT2D eigenvalue weighted by molar-refractivity contribution is 7.91. The summed E-state index contributed by atoms with van der Waals surface area (Å²) in [6.07, 6.45) is 3.16. The van der Waals surface area contributed by atoms with Gasteiger partial charge < -0.3 is 19.7 Å². The zero-order valence-electron chi connectivity index (χ0n) is 16.4. The molecule has 0 aromatic heterocycles. The second-order valence-corrected chi connectivity index (χ2v) is 9.50. The molecule has 2 saturated heterocycles. The summed E-state index contributed by atoms with van der Waals surface area (Å²) in [7, 11) is -0.613. The zero-order valence-corrected chi connectivity index (χ0v) is 18.0. The average Bonchev–Trinajstić information content (AvgIpc) is 3.14.